The molecular weight excluding hydrogens is 328 g/mol. The maximum absolute atomic E-state index is 12.1. The van der Waals surface area contributed by atoms with Crippen molar-refractivity contribution in [1.82, 2.24) is 10.2 Å². The molecule has 2 aromatic carbocycles. The van der Waals surface area contributed by atoms with Crippen molar-refractivity contribution in [3.63, 3.8) is 0 Å². The molecule has 2 aromatic rings. The van der Waals surface area contributed by atoms with Gasteiger partial charge in [-0.15, -0.1) is 0 Å². The lowest BCUT2D eigenvalue weighted by molar-refractivity contribution is 0.0233. The molecule has 1 amide bonds. The molecule has 0 spiro atoms. The van der Waals surface area contributed by atoms with Crippen molar-refractivity contribution in [2.75, 3.05) is 0 Å². The SMILES string of the molecule is CC(C)NS(=O)(=O)c1cccc(C(=O)NOCc2ccccc2)c1. The van der Waals surface area contributed by atoms with Crippen molar-refractivity contribution in [3.8, 4) is 0 Å². The average molecular weight is 348 g/mol. The summed E-state index contributed by atoms with van der Waals surface area (Å²) in [5, 5.41) is 0. The molecule has 0 atom stereocenters. The number of nitrogens with one attached hydrogen (secondary N) is 2. The standard InChI is InChI=1S/C17H20N2O4S/c1-13(2)19-24(21,22)16-10-6-9-15(11-16)17(20)18-23-12-14-7-4-3-5-8-14/h3-11,13,19H,12H2,1-2H3,(H,18,20). The van der Waals surface area contributed by atoms with Gasteiger partial charge in [0, 0.05) is 11.6 Å². The predicted octanol–water partition coefficient (Wildman–Crippen LogP) is 2.23. The summed E-state index contributed by atoms with van der Waals surface area (Å²) in [7, 11) is -3.65. The molecule has 6 nitrogen and oxygen atoms in total. The van der Waals surface area contributed by atoms with Gasteiger partial charge in [0.25, 0.3) is 5.91 Å². The van der Waals surface area contributed by atoms with E-state index in [0.717, 1.165) is 5.56 Å². The van der Waals surface area contributed by atoms with Gasteiger partial charge < -0.3 is 0 Å². The van der Waals surface area contributed by atoms with Crippen molar-refractivity contribution in [2.45, 2.75) is 31.4 Å². The van der Waals surface area contributed by atoms with Crippen LogP contribution in [0, 0.1) is 0 Å². The summed E-state index contributed by atoms with van der Waals surface area (Å²) in [4.78, 5) is 17.3. The van der Waals surface area contributed by atoms with Crippen LogP contribution in [0.3, 0.4) is 0 Å². The van der Waals surface area contributed by atoms with Crippen molar-refractivity contribution in [1.29, 1.82) is 0 Å². The number of carbonyl (C=O) groups is 1. The molecule has 0 bridgehead atoms. The smallest absolute Gasteiger partial charge is 0.269 e. The highest BCUT2D eigenvalue weighted by Gasteiger charge is 2.17. The van der Waals surface area contributed by atoms with Crippen molar-refractivity contribution < 1.29 is 18.0 Å². The fourth-order valence-electron chi connectivity index (χ4n) is 2.00. The maximum Gasteiger partial charge on any atom is 0.274 e. The van der Waals surface area contributed by atoms with Crippen LogP contribution in [0.1, 0.15) is 29.8 Å². The summed E-state index contributed by atoms with van der Waals surface area (Å²) >= 11 is 0. The Balaban J connectivity index is 2.01. The number of amides is 1. The molecular formula is C17H20N2O4S. The largest absolute Gasteiger partial charge is 0.274 e. The highest BCUT2D eigenvalue weighted by atomic mass is 32.2. The third-order valence-electron chi connectivity index (χ3n) is 3.04. The Labute approximate surface area is 141 Å². The Bertz CT molecular complexity index is 789. The van der Waals surface area contributed by atoms with E-state index in [2.05, 4.69) is 10.2 Å². The molecule has 2 rings (SSSR count). The molecule has 0 aromatic heterocycles. The fraction of sp³-hybridized carbons (Fsp3) is 0.235. The van der Waals surface area contributed by atoms with E-state index in [1.807, 2.05) is 30.3 Å². The van der Waals surface area contributed by atoms with Gasteiger partial charge in [0.15, 0.2) is 0 Å². The lowest BCUT2D eigenvalue weighted by Crippen LogP contribution is -2.30. The number of benzene rings is 2. The van der Waals surface area contributed by atoms with E-state index in [9.17, 15) is 13.2 Å². The molecule has 0 saturated heterocycles. The van der Waals surface area contributed by atoms with Crippen molar-refractivity contribution in [3.05, 3.63) is 65.7 Å². The Morgan fingerprint density at radius 3 is 2.46 bits per heavy atom. The fourth-order valence-corrected chi connectivity index (χ4v) is 3.30. The van der Waals surface area contributed by atoms with E-state index in [-0.39, 0.29) is 23.1 Å². The first-order chi connectivity index (χ1) is 11.4. The highest BCUT2D eigenvalue weighted by molar-refractivity contribution is 7.89. The van der Waals surface area contributed by atoms with Crippen LogP contribution >= 0.6 is 0 Å². The molecule has 0 fully saturated rings. The number of hydrogen-bond donors (Lipinski definition) is 2. The second-order valence-electron chi connectivity index (χ2n) is 5.51. The molecule has 7 heteroatoms. The lowest BCUT2D eigenvalue weighted by Gasteiger charge is -2.11. The number of hydroxylamine groups is 1. The average Bonchev–Trinajstić information content (AvgIpc) is 2.55. The van der Waals surface area contributed by atoms with Crippen LogP contribution < -0.4 is 10.2 Å². The minimum absolute atomic E-state index is 0.0342. The third-order valence-corrected chi connectivity index (χ3v) is 4.70. The molecule has 0 aliphatic rings. The van der Waals surface area contributed by atoms with E-state index >= 15 is 0 Å². The zero-order chi connectivity index (χ0) is 17.6. The number of rotatable bonds is 7. The van der Waals surface area contributed by atoms with Crippen LogP contribution in [0.25, 0.3) is 0 Å². The first kappa shape index (κ1) is 18.1. The topological polar surface area (TPSA) is 84.5 Å². The minimum Gasteiger partial charge on any atom is -0.269 e. The molecule has 2 N–H and O–H groups in total. The zero-order valence-corrected chi connectivity index (χ0v) is 14.3. The monoisotopic (exact) mass is 348 g/mol. The van der Waals surface area contributed by atoms with Crippen LogP contribution in [-0.4, -0.2) is 20.4 Å². The summed E-state index contributed by atoms with van der Waals surface area (Å²) in [5.41, 5.74) is 3.43. The van der Waals surface area contributed by atoms with Gasteiger partial charge >= 0.3 is 0 Å². The Hall–Kier alpha value is -2.22. The van der Waals surface area contributed by atoms with Gasteiger partial charge in [0.2, 0.25) is 10.0 Å². The normalized spacial score (nSPS) is 11.5. The maximum atomic E-state index is 12.1. The number of carbonyl (C=O) groups excluding carboxylic acids is 1. The molecule has 0 unspecified atom stereocenters. The highest BCUT2D eigenvalue weighted by Crippen LogP contribution is 2.12. The molecule has 0 aliphatic heterocycles. The van der Waals surface area contributed by atoms with Gasteiger partial charge in [0.1, 0.15) is 0 Å². The predicted molar refractivity (Wildman–Crippen MR) is 90.6 cm³/mol. The van der Waals surface area contributed by atoms with E-state index in [4.69, 9.17) is 4.84 Å². The molecule has 128 valence electrons. The molecule has 0 aliphatic carbocycles. The number of hydrogen-bond acceptors (Lipinski definition) is 4. The number of sulfonamides is 1. The van der Waals surface area contributed by atoms with E-state index in [1.165, 1.54) is 24.3 Å². The Morgan fingerprint density at radius 2 is 1.79 bits per heavy atom. The van der Waals surface area contributed by atoms with Crippen molar-refractivity contribution in [2.24, 2.45) is 0 Å². The van der Waals surface area contributed by atoms with Crippen LogP contribution in [0.4, 0.5) is 0 Å². The van der Waals surface area contributed by atoms with Gasteiger partial charge in [-0.25, -0.2) is 18.6 Å². The van der Waals surface area contributed by atoms with E-state index in [1.54, 1.807) is 13.8 Å². The first-order valence-corrected chi connectivity index (χ1v) is 8.95. The minimum atomic E-state index is -3.65. The van der Waals surface area contributed by atoms with Gasteiger partial charge in [-0.05, 0) is 37.6 Å². The van der Waals surface area contributed by atoms with Crippen LogP contribution in [0.15, 0.2) is 59.5 Å². The van der Waals surface area contributed by atoms with Gasteiger partial charge in [-0.1, -0.05) is 36.4 Å². The van der Waals surface area contributed by atoms with Crippen molar-refractivity contribution >= 4 is 15.9 Å². The summed E-state index contributed by atoms with van der Waals surface area (Å²) in [6.07, 6.45) is 0. The summed E-state index contributed by atoms with van der Waals surface area (Å²) in [6, 6.07) is 14.9. The zero-order valence-electron chi connectivity index (χ0n) is 13.5. The second kappa shape index (κ2) is 8.05. The van der Waals surface area contributed by atoms with Crippen LogP contribution in [0.2, 0.25) is 0 Å². The van der Waals surface area contributed by atoms with Gasteiger partial charge in [-0.2, -0.15) is 0 Å². The molecule has 0 radical (unpaired) electrons. The quantitative estimate of drug-likeness (QED) is 0.752. The Morgan fingerprint density at radius 1 is 1.08 bits per heavy atom. The summed E-state index contributed by atoms with van der Waals surface area (Å²) in [5.74, 6) is -0.507. The molecule has 24 heavy (non-hydrogen) atoms. The van der Waals surface area contributed by atoms with Crippen LogP contribution in [0.5, 0.6) is 0 Å². The summed E-state index contributed by atoms with van der Waals surface area (Å²) < 4.78 is 26.8. The van der Waals surface area contributed by atoms with E-state index < -0.39 is 15.9 Å². The summed E-state index contributed by atoms with van der Waals surface area (Å²) in [6.45, 7) is 3.68. The Kier molecular flexibility index (Phi) is 6.08. The molecule has 0 heterocycles. The van der Waals surface area contributed by atoms with Crippen LogP contribution in [-0.2, 0) is 21.5 Å². The van der Waals surface area contributed by atoms with Gasteiger partial charge in [0.05, 0.1) is 11.5 Å². The van der Waals surface area contributed by atoms with Gasteiger partial charge in [-0.3, -0.25) is 9.63 Å². The third kappa shape index (κ3) is 5.16. The second-order valence-corrected chi connectivity index (χ2v) is 7.22. The molecule has 0 saturated carbocycles. The van der Waals surface area contributed by atoms with E-state index in [0.29, 0.717) is 0 Å². The first-order valence-electron chi connectivity index (χ1n) is 7.47. The lowest BCUT2D eigenvalue weighted by atomic mass is 10.2.